The molecule has 0 atom stereocenters. The number of rotatable bonds is 3. The van der Waals surface area contributed by atoms with E-state index < -0.39 is 0 Å². The molecule has 0 aromatic heterocycles. The molecule has 0 aliphatic heterocycles. The van der Waals surface area contributed by atoms with E-state index in [-0.39, 0.29) is 18.1 Å². The first-order valence-corrected chi connectivity index (χ1v) is 4.49. The summed E-state index contributed by atoms with van der Waals surface area (Å²) in [6.45, 7) is 0.390. The second kappa shape index (κ2) is 5.11. The lowest BCUT2D eigenvalue weighted by atomic mass is 10.2. The fourth-order valence-electron chi connectivity index (χ4n) is 1.15. The third-order valence-corrected chi connectivity index (χ3v) is 1.99. The lowest BCUT2D eigenvalue weighted by Gasteiger charge is -2.15. The summed E-state index contributed by atoms with van der Waals surface area (Å²) < 4.78 is 12.6. The van der Waals surface area contributed by atoms with E-state index in [1.54, 1.807) is 25.2 Å². The van der Waals surface area contributed by atoms with Gasteiger partial charge in [0.05, 0.1) is 6.07 Å². The lowest BCUT2D eigenvalue weighted by Crippen LogP contribution is -2.25. The van der Waals surface area contributed by atoms with Gasteiger partial charge < -0.3 is 4.90 Å². The predicted molar refractivity (Wildman–Crippen MR) is 53.1 cm³/mol. The summed E-state index contributed by atoms with van der Waals surface area (Å²) in [6, 6.07) is 7.72. The highest BCUT2D eigenvalue weighted by molar-refractivity contribution is 5.77. The molecule has 0 bridgehead atoms. The largest absolute Gasteiger partial charge is 0.341 e. The van der Waals surface area contributed by atoms with Gasteiger partial charge >= 0.3 is 0 Å². The van der Waals surface area contributed by atoms with Crippen molar-refractivity contribution in [3.63, 3.8) is 0 Å². The number of carbonyl (C=O) groups excluding carboxylic acids is 1. The average molecular weight is 206 g/mol. The van der Waals surface area contributed by atoms with Gasteiger partial charge in [-0.25, -0.2) is 4.39 Å². The Morgan fingerprint density at radius 1 is 1.47 bits per heavy atom. The van der Waals surface area contributed by atoms with Crippen molar-refractivity contribution in [1.29, 1.82) is 5.26 Å². The molecule has 1 aromatic carbocycles. The molecule has 0 unspecified atom stereocenters. The van der Waals surface area contributed by atoms with Gasteiger partial charge in [-0.05, 0) is 17.7 Å². The fourth-order valence-corrected chi connectivity index (χ4v) is 1.15. The van der Waals surface area contributed by atoms with E-state index >= 15 is 0 Å². The molecule has 3 nitrogen and oxygen atoms in total. The number of halogens is 1. The van der Waals surface area contributed by atoms with Gasteiger partial charge in [0.1, 0.15) is 12.2 Å². The zero-order chi connectivity index (χ0) is 11.3. The third kappa shape index (κ3) is 3.39. The Balaban J connectivity index is 2.59. The Kier molecular flexibility index (Phi) is 3.81. The molecule has 0 radical (unpaired) electrons. The van der Waals surface area contributed by atoms with E-state index in [9.17, 15) is 9.18 Å². The Labute approximate surface area is 87.7 Å². The molecule has 1 aromatic rings. The standard InChI is InChI=1S/C11H11FN2O/c1-14(11(15)6-7-13)8-9-2-4-10(12)5-3-9/h2-5H,6,8H2,1H3. The second-order valence-electron chi connectivity index (χ2n) is 3.21. The number of benzene rings is 1. The molecule has 0 fully saturated rings. The molecular weight excluding hydrogens is 195 g/mol. The summed E-state index contributed by atoms with van der Waals surface area (Å²) >= 11 is 0. The molecule has 0 spiro atoms. The summed E-state index contributed by atoms with van der Waals surface area (Å²) in [4.78, 5) is 12.7. The molecule has 0 aliphatic carbocycles. The van der Waals surface area contributed by atoms with Crippen molar-refractivity contribution in [1.82, 2.24) is 4.90 Å². The topological polar surface area (TPSA) is 44.1 Å². The molecule has 15 heavy (non-hydrogen) atoms. The SMILES string of the molecule is CN(Cc1ccc(F)cc1)C(=O)CC#N. The van der Waals surface area contributed by atoms with Crippen LogP contribution in [0.25, 0.3) is 0 Å². The van der Waals surface area contributed by atoms with Crippen LogP contribution >= 0.6 is 0 Å². The fraction of sp³-hybridized carbons (Fsp3) is 0.273. The van der Waals surface area contributed by atoms with Crippen LogP contribution in [0.3, 0.4) is 0 Å². The summed E-state index contributed by atoms with van der Waals surface area (Å²) in [5.74, 6) is -0.536. The van der Waals surface area contributed by atoms with Crippen LogP contribution in [-0.2, 0) is 11.3 Å². The number of hydrogen-bond acceptors (Lipinski definition) is 2. The number of amides is 1. The molecule has 1 rings (SSSR count). The van der Waals surface area contributed by atoms with Gasteiger partial charge in [-0.3, -0.25) is 4.79 Å². The highest BCUT2D eigenvalue weighted by Gasteiger charge is 2.07. The van der Waals surface area contributed by atoms with Crippen molar-refractivity contribution in [2.75, 3.05) is 7.05 Å². The molecule has 0 saturated heterocycles. The first kappa shape index (κ1) is 11.2. The first-order valence-electron chi connectivity index (χ1n) is 4.49. The van der Waals surface area contributed by atoms with Crippen molar-refractivity contribution in [3.8, 4) is 6.07 Å². The van der Waals surface area contributed by atoms with Crippen LogP contribution in [0.4, 0.5) is 4.39 Å². The highest BCUT2D eigenvalue weighted by Crippen LogP contribution is 2.06. The smallest absolute Gasteiger partial charge is 0.236 e. The minimum atomic E-state index is -0.301. The van der Waals surface area contributed by atoms with Crippen LogP contribution in [0.15, 0.2) is 24.3 Å². The second-order valence-corrected chi connectivity index (χ2v) is 3.21. The van der Waals surface area contributed by atoms with Crippen LogP contribution in [0.5, 0.6) is 0 Å². The normalized spacial score (nSPS) is 9.40. The molecule has 0 N–H and O–H groups in total. The van der Waals surface area contributed by atoms with Gasteiger partial charge in [-0.15, -0.1) is 0 Å². The Morgan fingerprint density at radius 3 is 2.60 bits per heavy atom. The molecule has 1 amide bonds. The van der Waals surface area contributed by atoms with Crippen LogP contribution in [0.1, 0.15) is 12.0 Å². The maximum Gasteiger partial charge on any atom is 0.236 e. The highest BCUT2D eigenvalue weighted by atomic mass is 19.1. The quantitative estimate of drug-likeness (QED) is 0.755. The van der Waals surface area contributed by atoms with Gasteiger partial charge in [-0.2, -0.15) is 5.26 Å². The zero-order valence-electron chi connectivity index (χ0n) is 8.40. The van der Waals surface area contributed by atoms with E-state index in [0.717, 1.165) is 5.56 Å². The minimum absolute atomic E-state index is 0.127. The summed E-state index contributed by atoms with van der Waals surface area (Å²) in [6.07, 6.45) is -0.127. The van der Waals surface area contributed by atoms with Gasteiger partial charge in [0.2, 0.25) is 5.91 Å². The van der Waals surface area contributed by atoms with Crippen LogP contribution < -0.4 is 0 Å². The molecule has 0 heterocycles. The summed E-state index contributed by atoms with van der Waals surface area (Å²) in [5, 5.41) is 8.34. The number of carbonyl (C=O) groups is 1. The minimum Gasteiger partial charge on any atom is -0.341 e. The van der Waals surface area contributed by atoms with Crippen molar-refractivity contribution in [3.05, 3.63) is 35.6 Å². The van der Waals surface area contributed by atoms with Gasteiger partial charge in [0.15, 0.2) is 0 Å². The van der Waals surface area contributed by atoms with E-state index in [4.69, 9.17) is 5.26 Å². The van der Waals surface area contributed by atoms with Crippen molar-refractivity contribution < 1.29 is 9.18 Å². The molecule has 78 valence electrons. The van der Waals surface area contributed by atoms with Gasteiger partial charge in [0.25, 0.3) is 0 Å². The third-order valence-electron chi connectivity index (χ3n) is 1.99. The molecule has 0 saturated carbocycles. The molecular formula is C11H11FN2O. The number of nitrogens with zero attached hydrogens (tertiary/aromatic N) is 2. The van der Waals surface area contributed by atoms with Crippen molar-refractivity contribution >= 4 is 5.91 Å². The first-order chi connectivity index (χ1) is 7.13. The number of hydrogen-bond donors (Lipinski definition) is 0. The lowest BCUT2D eigenvalue weighted by molar-refractivity contribution is -0.129. The van der Waals surface area contributed by atoms with Crippen molar-refractivity contribution in [2.45, 2.75) is 13.0 Å². The van der Waals surface area contributed by atoms with Crippen LogP contribution in [0, 0.1) is 17.1 Å². The number of nitriles is 1. The van der Waals surface area contributed by atoms with E-state index in [1.165, 1.54) is 17.0 Å². The molecule has 0 aliphatic rings. The zero-order valence-corrected chi connectivity index (χ0v) is 8.40. The Hall–Kier alpha value is -1.89. The van der Waals surface area contributed by atoms with Gasteiger partial charge in [0, 0.05) is 13.6 Å². The maximum atomic E-state index is 12.6. The van der Waals surface area contributed by atoms with E-state index in [2.05, 4.69) is 0 Å². The summed E-state index contributed by atoms with van der Waals surface area (Å²) in [7, 11) is 1.61. The van der Waals surface area contributed by atoms with E-state index in [0.29, 0.717) is 6.54 Å². The van der Waals surface area contributed by atoms with E-state index in [1.807, 2.05) is 0 Å². The average Bonchev–Trinajstić information content (AvgIpc) is 2.22. The Morgan fingerprint density at radius 2 is 2.07 bits per heavy atom. The predicted octanol–water partition coefficient (Wildman–Crippen LogP) is 1.70. The monoisotopic (exact) mass is 206 g/mol. The van der Waals surface area contributed by atoms with Crippen LogP contribution in [0.2, 0.25) is 0 Å². The van der Waals surface area contributed by atoms with Crippen LogP contribution in [-0.4, -0.2) is 17.9 Å². The van der Waals surface area contributed by atoms with Gasteiger partial charge in [-0.1, -0.05) is 12.1 Å². The molecule has 4 heteroatoms. The van der Waals surface area contributed by atoms with Crippen molar-refractivity contribution in [2.24, 2.45) is 0 Å². The summed E-state index contributed by atoms with van der Waals surface area (Å²) in [5.41, 5.74) is 0.838. The Bertz CT molecular complexity index is 381. The maximum absolute atomic E-state index is 12.6.